The van der Waals surface area contributed by atoms with Crippen LogP contribution in [0, 0.1) is 0 Å². The Morgan fingerprint density at radius 3 is 2.70 bits per heavy atom. The predicted octanol–water partition coefficient (Wildman–Crippen LogP) is 4.07. The number of nitrogens with one attached hydrogen (secondary N) is 2. The first-order valence-electron chi connectivity index (χ1n) is 18.8. The van der Waals surface area contributed by atoms with Gasteiger partial charge in [0, 0.05) is 66.0 Å². The first-order valence-corrected chi connectivity index (χ1v) is 17.3. The van der Waals surface area contributed by atoms with Crippen molar-refractivity contribution in [1.82, 2.24) is 34.2 Å². The van der Waals surface area contributed by atoms with Gasteiger partial charge in [-0.1, -0.05) is 6.42 Å². The van der Waals surface area contributed by atoms with E-state index in [1.54, 1.807) is 18.2 Å². The monoisotopic (exact) mass is 685 g/mol. The van der Waals surface area contributed by atoms with E-state index in [2.05, 4.69) is 20.5 Å². The fourth-order valence-corrected chi connectivity index (χ4v) is 7.81. The number of amides is 2. The number of nitrogens with zero attached hydrogens (tertiary/aromatic N) is 6. The maximum atomic E-state index is 14.2. The van der Waals surface area contributed by atoms with E-state index in [1.165, 1.54) is 24.3 Å². The number of pyridine rings is 2. The number of carbonyl (C=O) groups excluding carboxylic acids is 2. The van der Waals surface area contributed by atoms with Crippen molar-refractivity contribution in [2.75, 3.05) is 51.8 Å². The maximum Gasteiger partial charge on any atom is 0.407 e. The van der Waals surface area contributed by atoms with Crippen LogP contribution in [0.4, 0.5) is 16.4 Å². The predicted molar refractivity (Wildman–Crippen MR) is 186 cm³/mol. The molecular formula is C36H42N8O6. The van der Waals surface area contributed by atoms with Crippen LogP contribution in [0.1, 0.15) is 59.0 Å². The fraction of sp³-hybridized carbons (Fsp3) is 0.472. The van der Waals surface area contributed by atoms with E-state index < -0.39 is 18.8 Å². The topological polar surface area (TPSA) is 145 Å². The summed E-state index contributed by atoms with van der Waals surface area (Å²) in [4.78, 5) is 53.6. The van der Waals surface area contributed by atoms with Crippen molar-refractivity contribution in [3.05, 3.63) is 58.6 Å². The van der Waals surface area contributed by atoms with Crippen molar-refractivity contribution in [3.63, 3.8) is 0 Å². The lowest BCUT2D eigenvalue weighted by atomic mass is 9.99. The van der Waals surface area contributed by atoms with Crippen molar-refractivity contribution in [3.8, 4) is 22.8 Å². The molecule has 1 aliphatic carbocycles. The lowest BCUT2D eigenvalue weighted by Gasteiger charge is -2.44. The van der Waals surface area contributed by atoms with Crippen LogP contribution in [0.2, 0.25) is 0 Å². The van der Waals surface area contributed by atoms with Crippen LogP contribution in [0.3, 0.4) is 0 Å². The minimum Gasteiger partial charge on any atom is -0.486 e. The van der Waals surface area contributed by atoms with Crippen LogP contribution in [0.5, 0.6) is 11.5 Å². The smallest absolute Gasteiger partial charge is 0.407 e. The Kier molecular flexibility index (Phi) is 7.64. The van der Waals surface area contributed by atoms with Crippen LogP contribution in [0.15, 0.2) is 47.4 Å². The molecule has 0 spiro atoms. The average molecular weight is 686 g/mol. The second-order valence-electron chi connectivity index (χ2n) is 13.4. The molecule has 3 aliphatic heterocycles. The molecule has 2 saturated heterocycles. The molecule has 0 bridgehead atoms. The Morgan fingerprint density at radius 1 is 0.960 bits per heavy atom. The highest BCUT2D eigenvalue weighted by molar-refractivity contribution is 5.96. The van der Waals surface area contributed by atoms with Gasteiger partial charge in [0.15, 0.2) is 11.5 Å². The molecule has 50 heavy (non-hydrogen) atoms. The van der Waals surface area contributed by atoms with Gasteiger partial charge in [-0.25, -0.2) is 19.6 Å². The van der Waals surface area contributed by atoms with Crippen molar-refractivity contribution >= 4 is 34.7 Å². The number of imidazole rings is 1. The van der Waals surface area contributed by atoms with Crippen molar-refractivity contribution in [1.29, 1.82) is 0 Å². The Bertz CT molecular complexity index is 2120. The number of aromatic nitrogens is 4. The number of hydrogen-bond donors (Lipinski definition) is 2. The number of piperazine rings is 1. The van der Waals surface area contributed by atoms with Gasteiger partial charge in [-0.05, 0) is 69.0 Å². The van der Waals surface area contributed by atoms with Gasteiger partial charge >= 0.3 is 11.8 Å². The Hall–Kier alpha value is -5.11. The lowest BCUT2D eigenvalue weighted by Crippen LogP contribution is -2.56. The van der Waals surface area contributed by atoms with E-state index >= 15 is 0 Å². The highest BCUT2D eigenvalue weighted by atomic mass is 16.6. The largest absolute Gasteiger partial charge is 0.486 e. The SMILES string of the molecule is [2H]C([2H])([2H])n1c(=O)n([C@@H]2CC[C@@H](NC(=O)OC)C2)c2cc(Nc3cc(C(=O)N4CCN5CCCCC5C4)cc(-c4ccc5c(c4)OCCO5)n3)ncc21. The molecule has 3 aromatic heterocycles. The molecule has 2 N–H and O–H groups in total. The molecule has 0 radical (unpaired) electrons. The van der Waals surface area contributed by atoms with Gasteiger partial charge in [0.25, 0.3) is 5.91 Å². The zero-order valence-corrected chi connectivity index (χ0v) is 27.9. The second kappa shape index (κ2) is 13.3. The number of methoxy groups -OCH3 is 1. The number of benzene rings is 1. The van der Waals surface area contributed by atoms with Crippen molar-refractivity contribution < 1.29 is 27.9 Å². The van der Waals surface area contributed by atoms with Gasteiger partial charge in [0.2, 0.25) is 0 Å². The van der Waals surface area contributed by atoms with Crippen LogP contribution in [-0.2, 0) is 11.7 Å². The average Bonchev–Trinajstić information content (AvgIpc) is 3.74. The Morgan fingerprint density at radius 2 is 1.84 bits per heavy atom. The van der Waals surface area contributed by atoms with Gasteiger partial charge < -0.3 is 29.7 Å². The summed E-state index contributed by atoms with van der Waals surface area (Å²) in [5, 5.41) is 6.03. The number of rotatable bonds is 6. The van der Waals surface area contributed by atoms with E-state index in [1.807, 2.05) is 23.1 Å². The van der Waals surface area contributed by atoms with Gasteiger partial charge in [-0.15, -0.1) is 0 Å². The molecule has 2 amide bonds. The number of carbonyl (C=O) groups is 2. The van der Waals surface area contributed by atoms with Crippen LogP contribution >= 0.6 is 0 Å². The summed E-state index contributed by atoms with van der Waals surface area (Å²) in [5.74, 6) is 1.78. The van der Waals surface area contributed by atoms with Crippen LogP contribution in [-0.4, -0.2) is 99.5 Å². The minimum atomic E-state index is -2.75. The summed E-state index contributed by atoms with van der Waals surface area (Å²) in [6.07, 6.45) is 5.76. The van der Waals surface area contributed by atoms with E-state index in [9.17, 15) is 14.4 Å². The first kappa shape index (κ1) is 28.7. The lowest BCUT2D eigenvalue weighted by molar-refractivity contribution is 0.0372. The number of ether oxygens (including phenoxy) is 3. The Balaban J connectivity index is 1.16. The van der Waals surface area contributed by atoms with Crippen molar-refractivity contribution in [2.45, 2.75) is 56.7 Å². The number of alkyl carbamates (subject to hydrolysis) is 1. The highest BCUT2D eigenvalue weighted by Gasteiger charge is 2.33. The van der Waals surface area contributed by atoms with Gasteiger partial charge in [0.05, 0.1) is 30.0 Å². The first-order chi connectivity index (χ1) is 25.6. The molecule has 14 nitrogen and oxygen atoms in total. The standard InChI is InChI=1S/C36H42N8O6/c1-41-29-20-37-32(19-28(29)44(36(41)47)25-8-7-24(18-25)38-35(46)48-2)40-33-17-23(34(45)43-12-11-42-10-4-3-5-26(42)21-43)15-27(39-33)22-6-9-30-31(16-22)50-14-13-49-30/h6,9,15-17,19-20,24-26H,3-5,7-8,10-14,18,21H2,1-2H3,(H,38,46)(H,37,39,40)/t24-,25-,26?/m1/s1/i1D3. The summed E-state index contributed by atoms with van der Waals surface area (Å²) in [6.45, 7) is 1.33. The van der Waals surface area contributed by atoms with Crippen molar-refractivity contribution in [2.24, 2.45) is 6.98 Å². The number of aryl methyl sites for hydroxylation is 1. The van der Waals surface area contributed by atoms with Gasteiger partial charge in [-0.2, -0.15) is 0 Å². The molecule has 1 unspecified atom stereocenters. The third kappa shape index (κ3) is 6.12. The molecule has 262 valence electrons. The third-order valence-electron chi connectivity index (χ3n) is 10.3. The Labute approximate surface area is 293 Å². The molecule has 3 atom stereocenters. The number of anilines is 2. The summed E-state index contributed by atoms with van der Waals surface area (Å²) >= 11 is 0. The molecule has 8 rings (SSSR count). The number of hydrogen-bond acceptors (Lipinski definition) is 10. The van der Waals surface area contributed by atoms with E-state index in [4.69, 9.17) is 23.3 Å². The molecule has 1 aromatic carbocycles. The molecule has 6 heterocycles. The van der Waals surface area contributed by atoms with Crippen LogP contribution < -0.4 is 25.8 Å². The molecule has 3 fully saturated rings. The number of piperidine rings is 1. The van der Waals surface area contributed by atoms with E-state index in [-0.39, 0.29) is 23.5 Å². The summed E-state index contributed by atoms with van der Waals surface area (Å²) in [5.41, 5.74) is 1.56. The van der Waals surface area contributed by atoms with E-state index in [0.29, 0.717) is 91.5 Å². The quantitative estimate of drug-likeness (QED) is 0.305. The molecule has 1 saturated carbocycles. The second-order valence-corrected chi connectivity index (χ2v) is 13.4. The fourth-order valence-electron chi connectivity index (χ4n) is 7.81. The zero-order chi connectivity index (χ0) is 36.9. The summed E-state index contributed by atoms with van der Waals surface area (Å²) < 4.78 is 43.0. The summed E-state index contributed by atoms with van der Waals surface area (Å²) in [6, 6.07) is 10.4. The minimum absolute atomic E-state index is 0.0946. The molecule has 14 heteroatoms. The molecule has 4 aliphatic rings. The van der Waals surface area contributed by atoms with E-state index in [0.717, 1.165) is 36.1 Å². The van der Waals surface area contributed by atoms with Crippen LogP contribution in [0.25, 0.3) is 22.3 Å². The molecule has 4 aromatic rings. The van der Waals surface area contributed by atoms with Gasteiger partial charge in [-0.3, -0.25) is 18.8 Å². The normalized spacial score (nSPS) is 23.0. The third-order valence-corrected chi connectivity index (χ3v) is 10.3. The zero-order valence-electron chi connectivity index (χ0n) is 30.9. The maximum absolute atomic E-state index is 14.2. The highest BCUT2D eigenvalue weighted by Crippen LogP contribution is 2.36. The summed E-state index contributed by atoms with van der Waals surface area (Å²) in [7, 11) is 1.29. The number of fused-ring (bicyclic) bond motifs is 3. The molecular weight excluding hydrogens is 640 g/mol. The van der Waals surface area contributed by atoms with Gasteiger partial charge in [0.1, 0.15) is 24.8 Å².